The summed E-state index contributed by atoms with van der Waals surface area (Å²) in [4.78, 5) is 31.3. The van der Waals surface area contributed by atoms with Crippen molar-refractivity contribution < 1.29 is 28.1 Å². The number of amides is 1. The number of nitrogens with one attached hydrogen (secondary N) is 2. The second-order valence-corrected chi connectivity index (χ2v) is 9.49. The van der Waals surface area contributed by atoms with E-state index in [0.29, 0.717) is 54.8 Å². The topological polar surface area (TPSA) is 124 Å². The summed E-state index contributed by atoms with van der Waals surface area (Å²) in [5.41, 5.74) is 1.47. The van der Waals surface area contributed by atoms with Gasteiger partial charge < -0.3 is 34.1 Å². The number of halogens is 1. The van der Waals surface area contributed by atoms with Crippen LogP contribution < -0.4 is 10.1 Å². The first-order valence-corrected chi connectivity index (χ1v) is 12.3. The molecule has 1 saturated heterocycles. The second kappa shape index (κ2) is 12.4. The Labute approximate surface area is 220 Å². The molecule has 1 aromatic carbocycles. The Balaban J connectivity index is 1.57. The van der Waals surface area contributed by atoms with Gasteiger partial charge in [0.25, 0.3) is 0 Å². The maximum absolute atomic E-state index is 13.6. The van der Waals surface area contributed by atoms with Crippen molar-refractivity contribution in [2.75, 3.05) is 60.7 Å². The Morgan fingerprint density at radius 2 is 1.92 bits per heavy atom. The molecule has 204 valence electrons. The average Bonchev–Trinajstić information content (AvgIpc) is 3.35. The Morgan fingerprint density at radius 3 is 2.61 bits per heavy atom. The lowest BCUT2D eigenvalue weighted by Gasteiger charge is -2.35. The van der Waals surface area contributed by atoms with Gasteiger partial charge in [0.1, 0.15) is 12.4 Å². The summed E-state index contributed by atoms with van der Waals surface area (Å²) in [6, 6.07) is 7.96. The fraction of sp³-hybridized carbons (Fsp3) is 0.462. The summed E-state index contributed by atoms with van der Waals surface area (Å²) in [6.07, 6.45) is 0.768. The number of nitrogens with zero attached hydrogens (tertiary/aromatic N) is 4. The molecule has 0 aliphatic carbocycles. The molecule has 0 radical (unpaired) electrons. The molecule has 0 saturated carbocycles. The number of benzene rings is 1. The van der Waals surface area contributed by atoms with Crippen molar-refractivity contribution in [3.63, 3.8) is 0 Å². The minimum atomic E-state index is -0.856. The van der Waals surface area contributed by atoms with Crippen molar-refractivity contribution in [3.05, 3.63) is 48.2 Å². The van der Waals surface area contributed by atoms with Crippen LogP contribution in [0.25, 0.3) is 22.6 Å². The molecule has 4 rings (SSSR count). The number of H-pyrrole nitrogens is 1. The van der Waals surface area contributed by atoms with E-state index in [0.717, 1.165) is 0 Å². The Hall–Kier alpha value is -3.45. The number of carbonyl (C=O) groups is 1. The molecule has 12 heteroatoms. The van der Waals surface area contributed by atoms with E-state index in [1.807, 2.05) is 19.0 Å². The Kier molecular flexibility index (Phi) is 9.00. The van der Waals surface area contributed by atoms with Crippen molar-refractivity contribution in [1.29, 1.82) is 0 Å². The molecule has 0 atom stereocenters. The lowest BCUT2D eigenvalue weighted by atomic mass is 9.91. The van der Waals surface area contributed by atoms with Gasteiger partial charge in [0.05, 0.1) is 42.3 Å². The Morgan fingerprint density at radius 1 is 1.18 bits per heavy atom. The number of likely N-dealkylation sites (N-methyl/N-ethyl adjacent to an activating group) is 1. The third-order valence-electron chi connectivity index (χ3n) is 5.97. The molecular formula is C26H33FN6O5. The number of carbonyl (C=O) groups excluding carboxylic acids is 1. The summed E-state index contributed by atoms with van der Waals surface area (Å²) >= 11 is 0. The van der Waals surface area contributed by atoms with Crippen LogP contribution in [0.5, 0.6) is 6.01 Å². The van der Waals surface area contributed by atoms with E-state index in [1.54, 1.807) is 38.4 Å². The van der Waals surface area contributed by atoms with Gasteiger partial charge in [-0.2, -0.15) is 4.98 Å². The number of hydrogen-bond donors (Lipinski definition) is 2. The summed E-state index contributed by atoms with van der Waals surface area (Å²) in [7, 11) is 5.48. The van der Waals surface area contributed by atoms with Crippen molar-refractivity contribution in [1.82, 2.24) is 30.2 Å². The SMILES string of the molecule is COCCNC(=O)C1(C)COC(c2nc(-c3ccc(F)cc3)c(-c3ccnc(OCCN(C)C)n3)[nH]2)OC1. The maximum Gasteiger partial charge on any atom is 0.316 e. The highest BCUT2D eigenvalue weighted by Crippen LogP contribution is 2.35. The van der Waals surface area contributed by atoms with Crippen LogP contribution in [0.1, 0.15) is 19.0 Å². The van der Waals surface area contributed by atoms with Crippen LogP contribution >= 0.6 is 0 Å². The van der Waals surface area contributed by atoms with Gasteiger partial charge in [-0.1, -0.05) is 0 Å². The zero-order valence-electron chi connectivity index (χ0n) is 22.0. The largest absolute Gasteiger partial charge is 0.462 e. The molecule has 2 aromatic heterocycles. The lowest BCUT2D eigenvalue weighted by Crippen LogP contribution is -2.49. The van der Waals surface area contributed by atoms with E-state index in [9.17, 15) is 9.18 Å². The monoisotopic (exact) mass is 528 g/mol. The van der Waals surface area contributed by atoms with Crippen LogP contribution in [0.4, 0.5) is 4.39 Å². The molecule has 2 N–H and O–H groups in total. The zero-order chi connectivity index (χ0) is 27.1. The van der Waals surface area contributed by atoms with Gasteiger partial charge >= 0.3 is 6.01 Å². The van der Waals surface area contributed by atoms with Gasteiger partial charge in [-0.15, -0.1) is 0 Å². The fourth-order valence-electron chi connectivity index (χ4n) is 3.75. The highest BCUT2D eigenvalue weighted by atomic mass is 19.1. The van der Waals surface area contributed by atoms with Gasteiger partial charge in [0, 0.05) is 32.0 Å². The molecule has 1 amide bonds. The van der Waals surface area contributed by atoms with E-state index in [4.69, 9.17) is 23.9 Å². The summed E-state index contributed by atoms with van der Waals surface area (Å²) < 4.78 is 36.2. The lowest BCUT2D eigenvalue weighted by molar-refractivity contribution is -0.231. The standard InChI is InChI=1S/C26H33FN6O5/c1-26(24(34)28-11-13-35-4)15-37-23(38-16-26)22-31-20(17-5-7-18(27)8-6-17)21(32-22)19-9-10-29-25(30-19)36-14-12-33(2)3/h5-10,23H,11-16H2,1-4H3,(H,28,34)(H,31,32). The van der Waals surface area contributed by atoms with Gasteiger partial charge in [-0.3, -0.25) is 4.79 Å². The molecule has 0 spiro atoms. The summed E-state index contributed by atoms with van der Waals surface area (Å²) in [6.45, 7) is 4.00. The molecule has 0 bridgehead atoms. The molecule has 3 aromatic rings. The minimum absolute atomic E-state index is 0.135. The quantitative estimate of drug-likeness (QED) is 0.361. The van der Waals surface area contributed by atoms with Crippen LogP contribution in [0.2, 0.25) is 0 Å². The molecular weight excluding hydrogens is 495 g/mol. The minimum Gasteiger partial charge on any atom is -0.462 e. The number of ether oxygens (including phenoxy) is 4. The van der Waals surface area contributed by atoms with E-state index in [-0.39, 0.29) is 30.9 Å². The third-order valence-corrected chi connectivity index (χ3v) is 5.97. The highest BCUT2D eigenvalue weighted by molar-refractivity contribution is 5.82. The molecule has 1 aliphatic heterocycles. The zero-order valence-corrected chi connectivity index (χ0v) is 22.0. The fourth-order valence-corrected chi connectivity index (χ4v) is 3.75. The van der Waals surface area contributed by atoms with Crippen LogP contribution in [0.15, 0.2) is 36.5 Å². The van der Waals surface area contributed by atoms with E-state index < -0.39 is 11.7 Å². The average molecular weight is 529 g/mol. The van der Waals surface area contributed by atoms with Crippen molar-refractivity contribution >= 4 is 5.91 Å². The smallest absolute Gasteiger partial charge is 0.316 e. The van der Waals surface area contributed by atoms with Crippen molar-refractivity contribution in [3.8, 4) is 28.7 Å². The van der Waals surface area contributed by atoms with Gasteiger partial charge in [0.2, 0.25) is 12.2 Å². The summed E-state index contributed by atoms with van der Waals surface area (Å²) in [5, 5.41) is 2.83. The van der Waals surface area contributed by atoms with Crippen molar-refractivity contribution in [2.45, 2.75) is 13.2 Å². The number of aromatic nitrogens is 4. The normalized spacial score (nSPS) is 19.5. The summed E-state index contributed by atoms with van der Waals surface area (Å²) in [5.74, 6) is -0.135. The number of hydrogen-bond acceptors (Lipinski definition) is 9. The molecule has 1 fully saturated rings. The second-order valence-electron chi connectivity index (χ2n) is 9.49. The molecule has 3 heterocycles. The number of imidazole rings is 1. The predicted octanol–water partition coefficient (Wildman–Crippen LogP) is 2.43. The predicted molar refractivity (Wildman–Crippen MR) is 137 cm³/mol. The molecule has 1 aliphatic rings. The third kappa shape index (κ3) is 6.70. The highest BCUT2D eigenvalue weighted by Gasteiger charge is 2.40. The molecule has 0 unspecified atom stereocenters. The van der Waals surface area contributed by atoms with Crippen LogP contribution in [-0.2, 0) is 19.0 Å². The van der Waals surface area contributed by atoms with E-state index in [2.05, 4.69) is 20.3 Å². The first-order chi connectivity index (χ1) is 18.3. The molecule has 38 heavy (non-hydrogen) atoms. The van der Waals surface area contributed by atoms with Crippen LogP contribution in [0, 0.1) is 11.2 Å². The first kappa shape index (κ1) is 27.6. The number of methoxy groups -OCH3 is 1. The Bertz CT molecular complexity index is 1210. The van der Waals surface area contributed by atoms with E-state index in [1.165, 1.54) is 12.1 Å². The van der Waals surface area contributed by atoms with Gasteiger partial charge in [-0.25, -0.2) is 14.4 Å². The van der Waals surface area contributed by atoms with Gasteiger partial charge in [0.15, 0.2) is 5.82 Å². The van der Waals surface area contributed by atoms with Crippen molar-refractivity contribution in [2.24, 2.45) is 5.41 Å². The number of rotatable bonds is 11. The number of aromatic amines is 1. The molecule has 11 nitrogen and oxygen atoms in total. The maximum atomic E-state index is 13.6. The van der Waals surface area contributed by atoms with E-state index >= 15 is 0 Å². The first-order valence-electron chi connectivity index (χ1n) is 12.3. The van der Waals surface area contributed by atoms with Crippen LogP contribution in [0.3, 0.4) is 0 Å². The van der Waals surface area contributed by atoms with Crippen LogP contribution in [-0.4, -0.2) is 91.5 Å². The van der Waals surface area contributed by atoms with Gasteiger partial charge in [-0.05, 0) is 51.4 Å².